The van der Waals surface area contributed by atoms with Crippen LogP contribution in [-0.4, -0.2) is 6.41 Å². The van der Waals surface area contributed by atoms with Gasteiger partial charge in [-0.05, 0) is 0 Å². The molecule has 0 bridgehead atoms. The number of nitrogens with two attached hydrogens (primary N) is 1. The third kappa shape index (κ3) is 331000. The van der Waals surface area contributed by atoms with Crippen molar-refractivity contribution in [1.29, 1.82) is 0 Å². The fraction of sp³-hybridized carbons (Fsp3) is 0. The van der Waals surface area contributed by atoms with Crippen molar-refractivity contribution in [2.75, 3.05) is 0 Å². The van der Waals surface area contributed by atoms with Crippen molar-refractivity contribution in [3.63, 3.8) is 0 Å². The standard InChI is InChI=1S/CH2NO.Cr/c2-1-3;/h(H2,2,3);/q-1;. The molecule has 0 aromatic heterocycles. The Morgan fingerprint density at radius 1 is 1.75 bits per heavy atom. The molecule has 0 aliphatic heterocycles. The molecule has 0 aromatic carbocycles. The SMILES string of the molecule is N[C-]=O.[Cr]. The fourth-order valence-corrected chi connectivity index (χ4v) is 0. The molecule has 1 amide bonds. The number of carbonyl (C=O) groups excluding carboxylic acids is 1. The van der Waals surface area contributed by atoms with Crippen molar-refractivity contribution in [1.82, 2.24) is 0 Å². The predicted octanol–water partition coefficient (Wildman–Crippen LogP) is -0.990. The number of primary amides is 1. The van der Waals surface area contributed by atoms with Crippen LogP contribution in [0.5, 0.6) is 0 Å². The first-order valence-corrected chi connectivity index (χ1v) is 0.493. The van der Waals surface area contributed by atoms with Crippen LogP contribution in [0.4, 0.5) is 0 Å². The van der Waals surface area contributed by atoms with Gasteiger partial charge >= 0.3 is 0 Å². The van der Waals surface area contributed by atoms with E-state index in [4.69, 9.17) is 4.79 Å². The van der Waals surface area contributed by atoms with Gasteiger partial charge < -0.3 is 10.5 Å². The van der Waals surface area contributed by atoms with E-state index >= 15 is 0 Å². The first kappa shape index (κ1) is 9.00. The second-order valence-electron chi connectivity index (χ2n) is 0.118. The predicted molar refractivity (Wildman–Crippen MR) is 9.88 cm³/mol. The molecule has 2 N–H and O–H groups in total. The minimum absolute atomic E-state index is 0. The maximum atomic E-state index is 8.46. The summed E-state index contributed by atoms with van der Waals surface area (Å²) in [6.07, 6.45) is 1.00. The van der Waals surface area contributed by atoms with Crippen LogP contribution in [0.25, 0.3) is 0 Å². The Hall–Kier alpha value is 0.00247. The van der Waals surface area contributed by atoms with E-state index in [0.717, 1.165) is 6.41 Å². The molecule has 0 fully saturated rings. The zero-order valence-corrected chi connectivity index (χ0v) is 3.17. The number of hydrogen-bond donors (Lipinski definition) is 1. The summed E-state index contributed by atoms with van der Waals surface area (Å²) >= 11 is 0. The molecule has 24 valence electrons. The first-order valence-electron chi connectivity index (χ1n) is 0.493. The Labute approximate surface area is 35.1 Å². The van der Waals surface area contributed by atoms with Gasteiger partial charge in [0.05, 0.1) is 0 Å². The molecule has 0 aromatic rings. The van der Waals surface area contributed by atoms with Gasteiger partial charge in [-0.25, -0.2) is 0 Å². The van der Waals surface area contributed by atoms with E-state index < -0.39 is 0 Å². The van der Waals surface area contributed by atoms with Crippen molar-refractivity contribution >= 4 is 6.41 Å². The van der Waals surface area contributed by atoms with Crippen LogP contribution in [0.1, 0.15) is 0 Å². The molecule has 0 atom stereocenters. The Morgan fingerprint density at radius 3 is 1.75 bits per heavy atom. The monoisotopic (exact) mass is 96.0 g/mol. The van der Waals surface area contributed by atoms with Crippen LogP contribution < -0.4 is 5.73 Å². The molecule has 0 radical (unpaired) electrons. The summed E-state index contributed by atoms with van der Waals surface area (Å²) < 4.78 is 0. The van der Waals surface area contributed by atoms with Crippen LogP contribution >= 0.6 is 0 Å². The number of rotatable bonds is 0. The van der Waals surface area contributed by atoms with Crippen LogP contribution in [0, 0.1) is 0 Å². The van der Waals surface area contributed by atoms with Crippen molar-refractivity contribution < 1.29 is 22.2 Å². The second kappa shape index (κ2) is 12.0. The average molecular weight is 96.0 g/mol. The van der Waals surface area contributed by atoms with Gasteiger partial charge in [-0.15, -0.1) is 0 Å². The third-order valence-electron chi connectivity index (χ3n) is 0. The van der Waals surface area contributed by atoms with E-state index in [0.29, 0.717) is 0 Å². The quantitative estimate of drug-likeness (QED) is 0.305. The minimum atomic E-state index is 0. The molecule has 0 saturated carbocycles. The van der Waals surface area contributed by atoms with E-state index in [1.165, 1.54) is 0 Å². The van der Waals surface area contributed by atoms with Gasteiger partial charge in [-0.2, -0.15) is 6.41 Å². The van der Waals surface area contributed by atoms with E-state index in [9.17, 15) is 0 Å². The van der Waals surface area contributed by atoms with E-state index in [2.05, 4.69) is 5.73 Å². The van der Waals surface area contributed by atoms with Crippen LogP contribution in [-0.2, 0) is 22.2 Å². The van der Waals surface area contributed by atoms with E-state index in [1.54, 1.807) is 0 Å². The molecule has 3 heteroatoms. The van der Waals surface area contributed by atoms with Gasteiger partial charge in [0.2, 0.25) is 0 Å². The summed E-state index contributed by atoms with van der Waals surface area (Å²) in [5.74, 6) is 0. The maximum Gasteiger partial charge on any atom is 0 e. The summed E-state index contributed by atoms with van der Waals surface area (Å²) in [5.41, 5.74) is 4.04. The number of hydrogen-bond acceptors (Lipinski definition) is 1. The maximum absolute atomic E-state index is 8.46. The summed E-state index contributed by atoms with van der Waals surface area (Å²) in [5, 5.41) is 0. The Morgan fingerprint density at radius 2 is 1.75 bits per heavy atom. The molecule has 2 nitrogen and oxygen atoms in total. The second-order valence-corrected chi connectivity index (χ2v) is 0.118. The minimum Gasteiger partial charge on any atom is -0.543 e. The summed E-state index contributed by atoms with van der Waals surface area (Å²) in [6, 6.07) is 0. The zero-order valence-electron chi connectivity index (χ0n) is 1.89. The van der Waals surface area contributed by atoms with Crippen LogP contribution in [0.15, 0.2) is 0 Å². The fourth-order valence-electron chi connectivity index (χ4n) is 0. The first-order chi connectivity index (χ1) is 1.41. The third-order valence-corrected chi connectivity index (χ3v) is 0. The van der Waals surface area contributed by atoms with Crippen molar-refractivity contribution in [3.8, 4) is 0 Å². The zero-order chi connectivity index (χ0) is 2.71. The van der Waals surface area contributed by atoms with Crippen molar-refractivity contribution in [2.24, 2.45) is 5.73 Å². The molecule has 4 heavy (non-hydrogen) atoms. The van der Waals surface area contributed by atoms with Gasteiger partial charge in [0, 0.05) is 17.4 Å². The molecule has 0 aliphatic carbocycles. The van der Waals surface area contributed by atoms with Crippen molar-refractivity contribution in [3.05, 3.63) is 0 Å². The molecule has 0 aliphatic rings. The average Bonchev–Trinajstić information content (AvgIpc) is 0.918. The summed E-state index contributed by atoms with van der Waals surface area (Å²) in [4.78, 5) is 8.46. The Balaban J connectivity index is 0. The molecular weight excluding hydrogens is 94.0 g/mol. The summed E-state index contributed by atoms with van der Waals surface area (Å²) in [7, 11) is 0. The van der Waals surface area contributed by atoms with Gasteiger partial charge in [0.25, 0.3) is 0 Å². The van der Waals surface area contributed by atoms with Crippen molar-refractivity contribution in [2.45, 2.75) is 0 Å². The summed E-state index contributed by atoms with van der Waals surface area (Å²) in [6.45, 7) is 0. The van der Waals surface area contributed by atoms with Gasteiger partial charge in [-0.3, -0.25) is 0 Å². The molecular formula is CH2CrNO-. The Bertz CT molecular complexity index is 15.5. The van der Waals surface area contributed by atoms with Gasteiger partial charge in [0.15, 0.2) is 0 Å². The van der Waals surface area contributed by atoms with E-state index in [1.807, 2.05) is 0 Å². The van der Waals surface area contributed by atoms with Gasteiger partial charge in [0.1, 0.15) is 0 Å². The van der Waals surface area contributed by atoms with Gasteiger partial charge in [-0.1, -0.05) is 0 Å². The van der Waals surface area contributed by atoms with E-state index in [-0.39, 0.29) is 17.4 Å². The normalized spacial score (nSPS) is 3.00. The molecule has 0 heterocycles. The van der Waals surface area contributed by atoms with Crippen LogP contribution in [0.3, 0.4) is 0 Å². The molecule has 0 saturated heterocycles. The largest absolute Gasteiger partial charge is 0.543 e. The molecule has 0 unspecified atom stereocenters. The van der Waals surface area contributed by atoms with Crippen LogP contribution in [0.2, 0.25) is 0 Å². The topological polar surface area (TPSA) is 43.1 Å². The Kier molecular flexibility index (Phi) is 27.0. The smallest absolute Gasteiger partial charge is 0 e. The number of amides is 1. The molecule has 0 spiro atoms. The molecule has 0 rings (SSSR count).